The maximum Gasteiger partial charge on any atom is 0.237 e. The van der Waals surface area contributed by atoms with Crippen molar-refractivity contribution in [2.45, 2.75) is 45.1 Å². The molecule has 1 amide bonds. The fourth-order valence-electron chi connectivity index (χ4n) is 1.69. The summed E-state index contributed by atoms with van der Waals surface area (Å²) >= 11 is 0. The van der Waals surface area contributed by atoms with Crippen LogP contribution in [-0.2, 0) is 4.79 Å². The van der Waals surface area contributed by atoms with Gasteiger partial charge in [0, 0.05) is 6.54 Å². The third-order valence-electron chi connectivity index (χ3n) is 2.70. The normalized spacial score (nSPS) is 18.9. The summed E-state index contributed by atoms with van der Waals surface area (Å²) in [7, 11) is 0. The Kier molecular flexibility index (Phi) is 9.40. The van der Waals surface area contributed by atoms with E-state index in [4.69, 9.17) is 16.7 Å². The van der Waals surface area contributed by atoms with Crippen LogP contribution in [0.25, 0.3) is 0 Å². The van der Waals surface area contributed by atoms with Crippen molar-refractivity contribution in [3.05, 3.63) is 0 Å². The van der Waals surface area contributed by atoms with Crippen molar-refractivity contribution in [2.24, 2.45) is 11.5 Å². The Hall–Kier alpha value is -1.12. The van der Waals surface area contributed by atoms with E-state index in [1.54, 1.807) is 4.90 Å². The molecule has 0 aromatic heterocycles. The summed E-state index contributed by atoms with van der Waals surface area (Å²) in [5, 5.41) is 8.72. The summed E-state index contributed by atoms with van der Waals surface area (Å²) < 4.78 is 0. The number of carbonyl (C=O) groups excluding carboxylic acids is 1. The molecule has 5 heteroatoms. The van der Waals surface area contributed by atoms with Crippen LogP contribution in [0.2, 0.25) is 0 Å². The lowest BCUT2D eigenvalue weighted by molar-refractivity contribution is -0.132. The van der Waals surface area contributed by atoms with Crippen molar-refractivity contribution in [1.29, 1.82) is 5.26 Å². The van der Waals surface area contributed by atoms with Gasteiger partial charge in [0.25, 0.3) is 0 Å². The highest BCUT2D eigenvalue weighted by Gasteiger charge is 2.24. The molecule has 5 nitrogen and oxygen atoms in total. The zero-order chi connectivity index (χ0) is 13.1. The second-order valence-electron chi connectivity index (χ2n) is 4.07. The fraction of sp³-hybridized carbons (Fsp3) is 0.833. The average Bonchev–Trinajstić information content (AvgIpc) is 2.39. The summed E-state index contributed by atoms with van der Waals surface area (Å²) in [5.74, 6) is -0.110. The van der Waals surface area contributed by atoms with Crippen molar-refractivity contribution in [3.8, 4) is 6.07 Å². The zero-order valence-corrected chi connectivity index (χ0v) is 10.7. The molecule has 1 aliphatic rings. The van der Waals surface area contributed by atoms with Crippen LogP contribution in [0.1, 0.15) is 39.0 Å². The SMILES string of the molecule is CCCCN.N#CC1CCCCN1C(=O)CN. The number of amides is 1. The van der Waals surface area contributed by atoms with E-state index in [-0.39, 0.29) is 18.5 Å². The fourth-order valence-corrected chi connectivity index (χ4v) is 1.69. The quantitative estimate of drug-likeness (QED) is 0.754. The average molecular weight is 240 g/mol. The number of likely N-dealkylation sites (tertiary alicyclic amines) is 1. The molecular weight excluding hydrogens is 216 g/mol. The Morgan fingerprint density at radius 2 is 2.18 bits per heavy atom. The molecule has 0 saturated carbocycles. The minimum Gasteiger partial charge on any atom is -0.330 e. The molecule has 0 aromatic carbocycles. The van der Waals surface area contributed by atoms with Gasteiger partial charge in [-0.3, -0.25) is 4.79 Å². The summed E-state index contributed by atoms with van der Waals surface area (Å²) in [4.78, 5) is 12.8. The lowest BCUT2D eigenvalue weighted by Gasteiger charge is -2.30. The third kappa shape index (κ3) is 6.25. The molecule has 0 aromatic rings. The minimum atomic E-state index is -0.241. The van der Waals surface area contributed by atoms with Crippen molar-refractivity contribution in [1.82, 2.24) is 4.90 Å². The number of nitrogens with zero attached hydrogens (tertiary/aromatic N) is 2. The monoisotopic (exact) mass is 240 g/mol. The Balaban J connectivity index is 0.000000437. The number of piperidine rings is 1. The van der Waals surface area contributed by atoms with Crippen LogP contribution in [0.15, 0.2) is 0 Å². The molecule has 0 spiro atoms. The zero-order valence-electron chi connectivity index (χ0n) is 10.7. The lowest BCUT2D eigenvalue weighted by atomic mass is 10.0. The second kappa shape index (κ2) is 10.1. The summed E-state index contributed by atoms with van der Waals surface area (Å²) in [5.41, 5.74) is 10.4. The van der Waals surface area contributed by atoms with Crippen LogP contribution in [0.4, 0.5) is 0 Å². The van der Waals surface area contributed by atoms with E-state index >= 15 is 0 Å². The molecule has 0 radical (unpaired) electrons. The third-order valence-corrected chi connectivity index (χ3v) is 2.70. The molecule has 17 heavy (non-hydrogen) atoms. The molecule has 1 aliphatic heterocycles. The van der Waals surface area contributed by atoms with E-state index in [0.29, 0.717) is 6.54 Å². The Labute approximate surface area is 104 Å². The molecule has 0 aliphatic carbocycles. The highest BCUT2D eigenvalue weighted by Crippen LogP contribution is 2.15. The van der Waals surface area contributed by atoms with Crippen LogP contribution in [0, 0.1) is 11.3 Å². The van der Waals surface area contributed by atoms with Gasteiger partial charge in [-0.1, -0.05) is 13.3 Å². The molecule has 1 rings (SSSR count). The van der Waals surface area contributed by atoms with Crippen molar-refractivity contribution >= 4 is 5.91 Å². The number of hydrogen-bond acceptors (Lipinski definition) is 4. The number of rotatable bonds is 3. The first-order valence-electron chi connectivity index (χ1n) is 6.30. The molecule has 1 fully saturated rings. The Morgan fingerprint density at radius 3 is 2.59 bits per heavy atom. The van der Waals surface area contributed by atoms with Crippen molar-refractivity contribution in [2.75, 3.05) is 19.6 Å². The molecule has 1 atom stereocenters. The maximum absolute atomic E-state index is 11.2. The van der Waals surface area contributed by atoms with Gasteiger partial charge in [-0.15, -0.1) is 0 Å². The predicted octanol–water partition coefficient (Wildman–Crippen LogP) is 0.595. The first-order valence-corrected chi connectivity index (χ1v) is 6.30. The number of nitrogens with two attached hydrogens (primary N) is 2. The van der Waals surface area contributed by atoms with Crippen LogP contribution in [0.3, 0.4) is 0 Å². The smallest absolute Gasteiger partial charge is 0.237 e. The predicted molar refractivity (Wildman–Crippen MR) is 68.0 cm³/mol. The first-order chi connectivity index (χ1) is 8.21. The van der Waals surface area contributed by atoms with Crippen LogP contribution < -0.4 is 11.5 Å². The van der Waals surface area contributed by atoms with Gasteiger partial charge in [0.1, 0.15) is 6.04 Å². The van der Waals surface area contributed by atoms with Crippen molar-refractivity contribution in [3.63, 3.8) is 0 Å². The van der Waals surface area contributed by atoms with Gasteiger partial charge in [0.05, 0.1) is 12.6 Å². The molecule has 1 heterocycles. The van der Waals surface area contributed by atoms with Gasteiger partial charge in [-0.25, -0.2) is 0 Å². The topological polar surface area (TPSA) is 96.1 Å². The number of carbonyl (C=O) groups is 1. The summed E-state index contributed by atoms with van der Waals surface area (Å²) in [6.45, 7) is 3.68. The summed E-state index contributed by atoms with van der Waals surface area (Å²) in [6.07, 6.45) is 5.20. The van der Waals surface area contributed by atoms with E-state index in [2.05, 4.69) is 13.0 Å². The largest absolute Gasteiger partial charge is 0.330 e. The Morgan fingerprint density at radius 1 is 1.47 bits per heavy atom. The minimum absolute atomic E-state index is 0.0121. The van der Waals surface area contributed by atoms with E-state index in [0.717, 1.165) is 25.8 Å². The van der Waals surface area contributed by atoms with Gasteiger partial charge in [-0.05, 0) is 32.2 Å². The van der Waals surface area contributed by atoms with E-state index in [1.807, 2.05) is 0 Å². The van der Waals surface area contributed by atoms with Crippen LogP contribution >= 0.6 is 0 Å². The van der Waals surface area contributed by atoms with Gasteiger partial charge >= 0.3 is 0 Å². The molecule has 4 N–H and O–H groups in total. The van der Waals surface area contributed by atoms with Gasteiger partial charge in [0.15, 0.2) is 0 Å². The Bertz CT molecular complexity index is 247. The van der Waals surface area contributed by atoms with Gasteiger partial charge in [-0.2, -0.15) is 5.26 Å². The van der Waals surface area contributed by atoms with Gasteiger partial charge < -0.3 is 16.4 Å². The number of nitriles is 1. The van der Waals surface area contributed by atoms with E-state index in [1.165, 1.54) is 12.8 Å². The highest BCUT2D eigenvalue weighted by molar-refractivity contribution is 5.78. The molecule has 1 unspecified atom stereocenters. The second-order valence-corrected chi connectivity index (χ2v) is 4.07. The number of hydrogen-bond donors (Lipinski definition) is 2. The highest BCUT2D eigenvalue weighted by atomic mass is 16.2. The van der Waals surface area contributed by atoms with E-state index < -0.39 is 0 Å². The first kappa shape index (κ1) is 15.9. The van der Waals surface area contributed by atoms with Crippen LogP contribution in [0.5, 0.6) is 0 Å². The van der Waals surface area contributed by atoms with Crippen molar-refractivity contribution < 1.29 is 4.79 Å². The summed E-state index contributed by atoms with van der Waals surface area (Å²) in [6, 6.07) is 1.88. The van der Waals surface area contributed by atoms with E-state index in [9.17, 15) is 4.79 Å². The van der Waals surface area contributed by atoms with Gasteiger partial charge in [0.2, 0.25) is 5.91 Å². The maximum atomic E-state index is 11.2. The standard InChI is InChI=1S/C8H13N3O.C4H11N/c9-5-7-3-1-2-4-11(7)8(12)6-10;1-2-3-4-5/h7H,1-4,6,10H2;2-5H2,1H3. The van der Waals surface area contributed by atoms with Crippen LogP contribution in [-0.4, -0.2) is 36.5 Å². The molecule has 1 saturated heterocycles. The lowest BCUT2D eigenvalue weighted by Crippen LogP contribution is -2.45. The molecule has 98 valence electrons. The molecular formula is C12H24N4O. The number of unbranched alkanes of at least 4 members (excludes halogenated alkanes) is 1. The molecule has 0 bridgehead atoms.